The molecule has 0 amide bonds. The van der Waals surface area contributed by atoms with E-state index in [0.717, 1.165) is 56.1 Å². The lowest BCUT2D eigenvalue weighted by atomic mass is 10.0. The largest absolute Gasteiger partial charge is 0.497 e. The monoisotopic (exact) mass is 494 g/mol. The number of benzene rings is 2. The van der Waals surface area contributed by atoms with Gasteiger partial charge in [-0.15, -0.1) is 22.7 Å². The summed E-state index contributed by atoms with van der Waals surface area (Å²) in [5.74, 6) is 1.48. The third-order valence-corrected chi connectivity index (χ3v) is 8.97. The molecule has 4 heterocycles. The van der Waals surface area contributed by atoms with Crippen LogP contribution in [-0.4, -0.2) is 42.7 Å². The third kappa shape index (κ3) is 3.65. The second-order valence-electron chi connectivity index (χ2n) is 8.00. The average molecular weight is 495 g/mol. The lowest BCUT2D eigenvalue weighted by Crippen LogP contribution is -2.25. The van der Waals surface area contributed by atoms with E-state index in [2.05, 4.69) is 35.5 Å². The van der Waals surface area contributed by atoms with Gasteiger partial charge in [-0.05, 0) is 37.2 Å². The number of aromatic nitrogens is 2. The number of likely N-dealkylation sites (N-methyl/N-ethyl adjacent to an activating group) is 1. The summed E-state index contributed by atoms with van der Waals surface area (Å²) in [4.78, 5) is 13.6. The zero-order valence-electron chi connectivity index (χ0n) is 18.5. The molecule has 0 fully saturated rings. The first kappa shape index (κ1) is 20.9. The molecule has 9 heteroatoms. The summed E-state index contributed by atoms with van der Waals surface area (Å²) in [6, 6.07) is 12.2. The van der Waals surface area contributed by atoms with Gasteiger partial charge in [-0.3, -0.25) is 0 Å². The lowest BCUT2D eigenvalue weighted by Gasteiger charge is -2.22. The second kappa shape index (κ2) is 8.25. The number of anilines is 2. The molecule has 0 atom stereocenters. The number of nitrogens with zero attached hydrogens (tertiary/aromatic N) is 3. The van der Waals surface area contributed by atoms with Crippen LogP contribution in [0.4, 0.5) is 10.1 Å². The molecule has 1 aliphatic heterocycles. The maximum absolute atomic E-state index is 5.56. The average Bonchev–Trinajstić information content (AvgIpc) is 3.51. The summed E-state index contributed by atoms with van der Waals surface area (Å²) in [6.07, 6.45) is 1.03. The number of thiophene rings is 1. The maximum Gasteiger partial charge on any atom is 0.189 e. The lowest BCUT2D eigenvalue weighted by molar-refractivity contribution is 0.317. The second-order valence-corrected chi connectivity index (χ2v) is 11.2. The highest BCUT2D eigenvalue weighted by Gasteiger charge is 2.26. The quantitative estimate of drug-likeness (QED) is 0.306. The molecule has 0 radical (unpaired) electrons. The number of thiazole rings is 2. The highest BCUT2D eigenvalue weighted by atomic mass is 32.1. The smallest absolute Gasteiger partial charge is 0.189 e. The van der Waals surface area contributed by atoms with Crippen LogP contribution < -0.4 is 14.8 Å². The molecule has 1 N–H and O–H groups in total. The fourth-order valence-corrected chi connectivity index (χ4v) is 7.64. The van der Waals surface area contributed by atoms with Crippen LogP contribution in [0, 0.1) is 0 Å². The summed E-state index contributed by atoms with van der Waals surface area (Å²) < 4.78 is 13.2. The van der Waals surface area contributed by atoms with E-state index >= 15 is 0 Å². The van der Waals surface area contributed by atoms with Crippen LogP contribution in [0.1, 0.15) is 10.4 Å². The van der Waals surface area contributed by atoms with Gasteiger partial charge in [0, 0.05) is 29.6 Å². The Hall–Kier alpha value is -2.72. The van der Waals surface area contributed by atoms with E-state index in [-0.39, 0.29) is 0 Å². The summed E-state index contributed by atoms with van der Waals surface area (Å²) >= 11 is 5.18. The van der Waals surface area contributed by atoms with Crippen molar-refractivity contribution in [1.29, 1.82) is 0 Å². The summed E-state index contributed by atoms with van der Waals surface area (Å²) in [5.41, 5.74) is 4.54. The number of hydrogen-bond acceptors (Lipinski definition) is 9. The Balaban J connectivity index is 1.47. The van der Waals surface area contributed by atoms with Crippen molar-refractivity contribution >= 4 is 64.6 Å². The summed E-state index contributed by atoms with van der Waals surface area (Å²) in [5, 5.41) is 6.66. The highest BCUT2D eigenvalue weighted by molar-refractivity contribution is 7.24. The summed E-state index contributed by atoms with van der Waals surface area (Å²) in [7, 11) is 5.51. The van der Waals surface area contributed by atoms with Crippen molar-refractivity contribution in [2.45, 2.75) is 13.0 Å². The van der Waals surface area contributed by atoms with Crippen molar-refractivity contribution in [3.8, 4) is 22.1 Å². The molecule has 2 aromatic carbocycles. The molecule has 6 nitrogen and oxygen atoms in total. The Morgan fingerprint density at radius 2 is 1.88 bits per heavy atom. The number of ether oxygens (including phenoxy) is 2. The van der Waals surface area contributed by atoms with E-state index in [9.17, 15) is 0 Å². The van der Waals surface area contributed by atoms with Crippen molar-refractivity contribution < 1.29 is 9.47 Å². The van der Waals surface area contributed by atoms with Crippen LogP contribution in [0.25, 0.3) is 31.0 Å². The zero-order chi connectivity index (χ0) is 22.5. The van der Waals surface area contributed by atoms with Gasteiger partial charge in [-0.25, -0.2) is 9.97 Å². The van der Waals surface area contributed by atoms with Crippen molar-refractivity contribution in [3.05, 3.63) is 46.8 Å². The molecule has 0 spiro atoms. The molecule has 0 unspecified atom stereocenters. The Morgan fingerprint density at radius 3 is 2.70 bits per heavy atom. The Labute approximate surface area is 203 Å². The molecule has 0 saturated carbocycles. The van der Waals surface area contributed by atoms with Crippen LogP contribution in [0.5, 0.6) is 11.5 Å². The molecular weight excluding hydrogens is 472 g/mol. The van der Waals surface area contributed by atoms with E-state index < -0.39 is 0 Å². The van der Waals surface area contributed by atoms with Gasteiger partial charge in [0.05, 0.1) is 29.1 Å². The molecule has 1 aliphatic rings. The topological polar surface area (TPSA) is 59.5 Å². The molecule has 0 saturated heterocycles. The predicted octanol–water partition coefficient (Wildman–Crippen LogP) is 6.38. The first-order chi connectivity index (χ1) is 16.1. The van der Waals surface area contributed by atoms with Gasteiger partial charge in [0.15, 0.2) is 5.13 Å². The predicted molar refractivity (Wildman–Crippen MR) is 139 cm³/mol. The van der Waals surface area contributed by atoms with Crippen molar-refractivity contribution in [2.24, 2.45) is 0 Å². The SMILES string of the molecule is COc1cc(OC)c2nc(Nc3sc4c(c3-c3nc5ccccc5s3)CCN(C)C4)sc2c1. The Bertz CT molecular complexity index is 1450. The van der Waals surface area contributed by atoms with Crippen LogP contribution >= 0.6 is 34.0 Å². The van der Waals surface area contributed by atoms with Gasteiger partial charge >= 0.3 is 0 Å². The molecular formula is C24H22N4O2S3. The number of nitrogens with one attached hydrogen (secondary N) is 1. The maximum atomic E-state index is 5.56. The minimum atomic E-state index is 0.715. The molecule has 3 aromatic heterocycles. The van der Waals surface area contributed by atoms with Crippen LogP contribution in [0.3, 0.4) is 0 Å². The fourth-order valence-electron chi connectivity index (χ4n) is 4.22. The van der Waals surface area contributed by atoms with Crippen LogP contribution in [0.2, 0.25) is 0 Å². The zero-order valence-corrected chi connectivity index (χ0v) is 20.9. The third-order valence-electron chi connectivity index (χ3n) is 5.87. The number of methoxy groups -OCH3 is 2. The Kier molecular flexibility index (Phi) is 5.21. The highest BCUT2D eigenvalue weighted by Crippen LogP contribution is 2.47. The molecule has 0 bridgehead atoms. The van der Waals surface area contributed by atoms with Gasteiger partial charge in [-0.2, -0.15) is 0 Å². The molecule has 168 valence electrons. The molecule has 0 aliphatic carbocycles. The molecule has 33 heavy (non-hydrogen) atoms. The Morgan fingerprint density at radius 1 is 1.00 bits per heavy atom. The van der Waals surface area contributed by atoms with E-state index in [1.807, 2.05) is 29.5 Å². The van der Waals surface area contributed by atoms with Gasteiger partial charge in [0.2, 0.25) is 0 Å². The van der Waals surface area contributed by atoms with Crippen molar-refractivity contribution in [1.82, 2.24) is 14.9 Å². The van der Waals surface area contributed by atoms with Gasteiger partial charge in [0.25, 0.3) is 0 Å². The standard InChI is InChI=1S/C24H22N4O2S3/c1-28-9-8-14-19(12-28)32-23(20(14)22-25-15-6-4-5-7-17(15)31-22)27-24-26-21-16(30-3)10-13(29-2)11-18(21)33-24/h4-7,10-11H,8-9,12H2,1-3H3,(H,26,27). The van der Waals surface area contributed by atoms with E-state index in [4.69, 9.17) is 19.4 Å². The van der Waals surface area contributed by atoms with E-state index in [0.29, 0.717) is 5.75 Å². The van der Waals surface area contributed by atoms with Crippen molar-refractivity contribution in [2.75, 3.05) is 33.1 Å². The summed E-state index contributed by atoms with van der Waals surface area (Å²) in [6.45, 7) is 2.02. The van der Waals surface area contributed by atoms with Crippen molar-refractivity contribution in [3.63, 3.8) is 0 Å². The van der Waals surface area contributed by atoms with E-state index in [1.165, 1.54) is 20.7 Å². The molecule has 5 aromatic rings. The number of hydrogen-bond donors (Lipinski definition) is 1. The van der Waals surface area contributed by atoms with Crippen LogP contribution in [0.15, 0.2) is 36.4 Å². The first-order valence-corrected chi connectivity index (χ1v) is 13.1. The first-order valence-electron chi connectivity index (χ1n) is 10.6. The number of para-hydroxylation sites is 1. The van der Waals surface area contributed by atoms with Crippen LogP contribution in [-0.2, 0) is 13.0 Å². The normalized spacial score (nSPS) is 14.0. The van der Waals surface area contributed by atoms with Gasteiger partial charge in [-0.1, -0.05) is 23.5 Å². The van der Waals surface area contributed by atoms with E-state index in [1.54, 1.807) is 36.9 Å². The number of fused-ring (bicyclic) bond motifs is 3. The minimum absolute atomic E-state index is 0.715. The molecule has 6 rings (SSSR count). The number of rotatable bonds is 5. The van der Waals surface area contributed by atoms with Gasteiger partial charge < -0.3 is 19.7 Å². The van der Waals surface area contributed by atoms with Gasteiger partial charge in [0.1, 0.15) is 27.0 Å². The minimum Gasteiger partial charge on any atom is -0.497 e. The fraction of sp³-hybridized carbons (Fsp3) is 0.250.